The van der Waals surface area contributed by atoms with Crippen molar-refractivity contribution in [2.24, 2.45) is 5.92 Å². The van der Waals surface area contributed by atoms with Crippen LogP contribution in [0.4, 0.5) is 10.1 Å². The van der Waals surface area contributed by atoms with Gasteiger partial charge in [-0.05, 0) is 55.9 Å². The van der Waals surface area contributed by atoms with E-state index in [2.05, 4.69) is 17.1 Å². The van der Waals surface area contributed by atoms with Gasteiger partial charge in [-0.15, -0.1) is 11.8 Å². The minimum Gasteiger partial charge on any atom is -0.325 e. The molecule has 0 spiro atoms. The van der Waals surface area contributed by atoms with Crippen molar-refractivity contribution >= 4 is 35.0 Å². The van der Waals surface area contributed by atoms with Crippen LogP contribution in [0.2, 0.25) is 5.02 Å². The largest absolute Gasteiger partial charge is 0.325 e. The van der Waals surface area contributed by atoms with Crippen molar-refractivity contribution in [1.82, 2.24) is 4.90 Å². The van der Waals surface area contributed by atoms with E-state index in [1.807, 2.05) is 24.3 Å². The molecule has 3 nitrogen and oxygen atoms in total. The summed E-state index contributed by atoms with van der Waals surface area (Å²) in [5.74, 6) is 0.747. The van der Waals surface area contributed by atoms with Crippen molar-refractivity contribution in [2.75, 3.05) is 24.2 Å². The van der Waals surface area contributed by atoms with E-state index in [4.69, 9.17) is 11.6 Å². The Bertz CT molecular complexity index is 773. The van der Waals surface area contributed by atoms with Crippen LogP contribution in [0.15, 0.2) is 47.4 Å². The number of carbonyl (C=O) groups is 1. The van der Waals surface area contributed by atoms with Gasteiger partial charge >= 0.3 is 0 Å². The maximum absolute atomic E-state index is 14.0. The van der Waals surface area contributed by atoms with Gasteiger partial charge in [-0.1, -0.05) is 36.7 Å². The molecule has 0 saturated carbocycles. The van der Waals surface area contributed by atoms with Crippen LogP contribution in [-0.2, 0) is 11.3 Å². The second kappa shape index (κ2) is 9.58. The van der Waals surface area contributed by atoms with Crippen LogP contribution in [0.25, 0.3) is 0 Å². The Morgan fingerprint density at radius 1 is 1.22 bits per heavy atom. The lowest BCUT2D eigenvalue weighted by Gasteiger charge is -2.31. The zero-order valence-electron chi connectivity index (χ0n) is 15.4. The molecule has 1 heterocycles. The molecule has 0 unspecified atom stereocenters. The average molecular weight is 407 g/mol. The van der Waals surface area contributed by atoms with Gasteiger partial charge in [-0.3, -0.25) is 9.69 Å². The molecule has 2 aromatic rings. The second-order valence-corrected chi connectivity index (χ2v) is 8.38. The number of benzene rings is 2. The SMILES string of the molecule is CCSc1ccccc1NC(=O)C1CCN(Cc2c(F)cccc2Cl)CC1. The number of carbonyl (C=O) groups excluding carboxylic acids is 1. The average Bonchev–Trinajstić information content (AvgIpc) is 2.67. The molecule has 1 aliphatic heterocycles. The smallest absolute Gasteiger partial charge is 0.227 e. The third kappa shape index (κ3) is 5.24. The first-order valence-electron chi connectivity index (χ1n) is 9.26. The molecule has 2 aromatic carbocycles. The number of anilines is 1. The summed E-state index contributed by atoms with van der Waals surface area (Å²) in [4.78, 5) is 15.9. The van der Waals surface area contributed by atoms with Crippen LogP contribution >= 0.6 is 23.4 Å². The van der Waals surface area contributed by atoms with Gasteiger partial charge in [0.05, 0.1) is 5.69 Å². The summed E-state index contributed by atoms with van der Waals surface area (Å²) in [5.41, 5.74) is 1.42. The van der Waals surface area contributed by atoms with Crippen LogP contribution < -0.4 is 5.32 Å². The van der Waals surface area contributed by atoms with Gasteiger partial charge < -0.3 is 5.32 Å². The molecule has 27 heavy (non-hydrogen) atoms. The first kappa shape index (κ1) is 20.2. The quantitative estimate of drug-likeness (QED) is 0.648. The number of piperidine rings is 1. The van der Waals surface area contributed by atoms with Crippen LogP contribution in [0.1, 0.15) is 25.3 Å². The van der Waals surface area contributed by atoms with Crippen molar-refractivity contribution in [1.29, 1.82) is 0 Å². The van der Waals surface area contributed by atoms with Crippen LogP contribution in [-0.4, -0.2) is 29.6 Å². The van der Waals surface area contributed by atoms with Gasteiger partial charge in [-0.2, -0.15) is 0 Å². The number of hydrogen-bond donors (Lipinski definition) is 1. The van der Waals surface area contributed by atoms with E-state index >= 15 is 0 Å². The van der Waals surface area contributed by atoms with E-state index in [9.17, 15) is 9.18 Å². The topological polar surface area (TPSA) is 32.3 Å². The van der Waals surface area contributed by atoms with Crippen LogP contribution in [0.3, 0.4) is 0 Å². The highest BCUT2D eigenvalue weighted by atomic mass is 35.5. The molecule has 0 aromatic heterocycles. The Morgan fingerprint density at radius 2 is 1.96 bits per heavy atom. The number of rotatable bonds is 6. The molecule has 0 radical (unpaired) electrons. The summed E-state index contributed by atoms with van der Waals surface area (Å²) >= 11 is 7.85. The minimum absolute atomic E-state index is 0.0166. The fraction of sp³-hybridized carbons (Fsp3) is 0.381. The van der Waals surface area contributed by atoms with Crippen molar-refractivity contribution in [3.63, 3.8) is 0 Å². The Balaban J connectivity index is 1.55. The fourth-order valence-electron chi connectivity index (χ4n) is 3.35. The van der Waals surface area contributed by atoms with Gasteiger partial charge in [0.15, 0.2) is 0 Å². The number of nitrogens with zero attached hydrogens (tertiary/aromatic N) is 1. The standard InChI is InChI=1S/C21H24ClFN2OS/c1-2-27-20-9-4-3-8-19(20)24-21(26)15-10-12-25(13-11-15)14-16-17(22)6-5-7-18(16)23/h3-9,15H,2,10-14H2,1H3,(H,24,26). The van der Waals surface area contributed by atoms with Gasteiger partial charge in [0.25, 0.3) is 0 Å². The molecule has 1 fully saturated rings. The lowest BCUT2D eigenvalue weighted by Crippen LogP contribution is -2.38. The summed E-state index contributed by atoms with van der Waals surface area (Å²) in [6.07, 6.45) is 1.53. The first-order chi connectivity index (χ1) is 13.1. The van der Waals surface area contributed by atoms with E-state index < -0.39 is 0 Å². The summed E-state index contributed by atoms with van der Waals surface area (Å²) in [6, 6.07) is 12.7. The number of likely N-dealkylation sites (tertiary alicyclic amines) is 1. The lowest BCUT2D eigenvalue weighted by atomic mass is 9.95. The summed E-state index contributed by atoms with van der Waals surface area (Å²) in [6.45, 7) is 4.10. The Hall–Kier alpha value is -1.56. The van der Waals surface area contributed by atoms with Crippen molar-refractivity contribution in [3.8, 4) is 0 Å². The number of amides is 1. The van der Waals surface area contributed by atoms with Crippen molar-refractivity contribution < 1.29 is 9.18 Å². The molecule has 144 valence electrons. The van der Waals surface area contributed by atoms with E-state index in [0.717, 1.165) is 42.3 Å². The van der Waals surface area contributed by atoms with Crippen molar-refractivity contribution in [2.45, 2.75) is 31.2 Å². The number of hydrogen-bond acceptors (Lipinski definition) is 3. The molecule has 1 amide bonds. The van der Waals surface area contributed by atoms with E-state index in [0.29, 0.717) is 17.1 Å². The number of nitrogens with one attached hydrogen (secondary N) is 1. The summed E-state index contributed by atoms with van der Waals surface area (Å²) in [5, 5.41) is 3.55. The number of halogens is 2. The third-order valence-corrected chi connectivity index (χ3v) is 6.16. The molecule has 1 N–H and O–H groups in total. The van der Waals surface area contributed by atoms with Gasteiger partial charge in [-0.25, -0.2) is 4.39 Å². The zero-order valence-corrected chi connectivity index (χ0v) is 17.0. The van der Waals surface area contributed by atoms with E-state index in [1.165, 1.54) is 6.07 Å². The molecule has 3 rings (SSSR count). The molecular formula is C21H24ClFN2OS. The highest BCUT2D eigenvalue weighted by Crippen LogP contribution is 2.29. The molecule has 1 aliphatic rings. The lowest BCUT2D eigenvalue weighted by molar-refractivity contribution is -0.121. The third-order valence-electron chi connectivity index (χ3n) is 4.85. The number of para-hydroxylation sites is 1. The van der Waals surface area contributed by atoms with Gasteiger partial charge in [0.1, 0.15) is 5.82 Å². The Kier molecular flexibility index (Phi) is 7.16. The maximum atomic E-state index is 14.0. The molecule has 0 aliphatic carbocycles. The maximum Gasteiger partial charge on any atom is 0.227 e. The summed E-state index contributed by atoms with van der Waals surface area (Å²) < 4.78 is 14.0. The van der Waals surface area contributed by atoms with Crippen molar-refractivity contribution in [3.05, 3.63) is 58.9 Å². The van der Waals surface area contributed by atoms with Gasteiger partial charge in [0, 0.05) is 27.9 Å². The normalized spacial score (nSPS) is 15.7. The van der Waals surface area contributed by atoms with E-state index in [1.54, 1.807) is 23.9 Å². The minimum atomic E-state index is -0.271. The molecule has 1 saturated heterocycles. The predicted octanol–water partition coefficient (Wildman–Crippen LogP) is 5.44. The Labute approximate surface area is 169 Å². The zero-order chi connectivity index (χ0) is 19.2. The first-order valence-corrected chi connectivity index (χ1v) is 10.6. The second-order valence-electron chi connectivity index (χ2n) is 6.67. The number of thioether (sulfide) groups is 1. The molecule has 6 heteroatoms. The monoisotopic (exact) mass is 406 g/mol. The highest BCUT2D eigenvalue weighted by Gasteiger charge is 2.26. The highest BCUT2D eigenvalue weighted by molar-refractivity contribution is 7.99. The summed E-state index contributed by atoms with van der Waals surface area (Å²) in [7, 11) is 0. The Morgan fingerprint density at radius 3 is 2.67 bits per heavy atom. The van der Waals surface area contributed by atoms with Gasteiger partial charge in [0.2, 0.25) is 5.91 Å². The molecule has 0 bridgehead atoms. The van der Waals surface area contributed by atoms with E-state index in [-0.39, 0.29) is 17.6 Å². The van der Waals surface area contributed by atoms with Crippen LogP contribution in [0, 0.1) is 11.7 Å². The molecule has 0 atom stereocenters. The predicted molar refractivity (Wildman–Crippen MR) is 111 cm³/mol. The van der Waals surface area contributed by atoms with Crippen LogP contribution in [0.5, 0.6) is 0 Å². The fourth-order valence-corrected chi connectivity index (χ4v) is 4.33. The molecular weight excluding hydrogens is 383 g/mol.